The number of halogens is 4. The van der Waals surface area contributed by atoms with Crippen molar-refractivity contribution in [2.24, 2.45) is 0 Å². The predicted molar refractivity (Wildman–Crippen MR) is 71.7 cm³/mol. The lowest BCUT2D eigenvalue weighted by Gasteiger charge is -2.11. The molecule has 0 saturated heterocycles. The third-order valence-corrected chi connectivity index (χ3v) is 3.36. The lowest BCUT2D eigenvalue weighted by Crippen LogP contribution is -2.02. The van der Waals surface area contributed by atoms with E-state index in [1.807, 2.05) is 0 Å². The van der Waals surface area contributed by atoms with Crippen LogP contribution >= 0.6 is 11.6 Å². The molecule has 0 amide bonds. The third-order valence-electron chi connectivity index (χ3n) is 2.96. The minimum Gasteiger partial charge on any atom is -0.258 e. The molecule has 0 radical (unpaired) electrons. The van der Waals surface area contributed by atoms with Crippen molar-refractivity contribution >= 4 is 17.3 Å². The highest BCUT2D eigenvalue weighted by atomic mass is 35.5. The maximum atomic E-state index is 13.2. The summed E-state index contributed by atoms with van der Waals surface area (Å²) in [6.45, 7) is 0. The summed E-state index contributed by atoms with van der Waals surface area (Å²) in [6, 6.07) is 7.48. The van der Waals surface area contributed by atoms with Gasteiger partial charge in [-0.2, -0.15) is 0 Å². The lowest BCUT2D eigenvalue weighted by atomic mass is 10.0. The molecule has 110 valence electrons. The highest BCUT2D eigenvalue weighted by Gasteiger charge is 2.20. The highest BCUT2D eigenvalue weighted by molar-refractivity contribution is 6.21. The standard InChI is InChI=1S/C14H9ClF3NO2/c15-10(9-6-11(16)14(18)12(17)7-9)5-8-3-1-2-4-13(8)19(20)21/h1-4,6-7,10H,5H2. The predicted octanol–water partition coefficient (Wildman–Crippen LogP) is 4.53. The van der Waals surface area contributed by atoms with Gasteiger partial charge in [0.05, 0.1) is 10.3 Å². The summed E-state index contributed by atoms with van der Waals surface area (Å²) in [5.41, 5.74) is 0.213. The summed E-state index contributed by atoms with van der Waals surface area (Å²) >= 11 is 6.04. The first kappa shape index (κ1) is 15.3. The van der Waals surface area contributed by atoms with Crippen LogP contribution in [0, 0.1) is 27.6 Å². The normalized spacial score (nSPS) is 12.2. The summed E-state index contributed by atoms with van der Waals surface area (Å²) < 4.78 is 39.2. The van der Waals surface area contributed by atoms with E-state index < -0.39 is 27.8 Å². The minimum atomic E-state index is -1.58. The number of nitro groups is 1. The van der Waals surface area contributed by atoms with Crippen molar-refractivity contribution in [2.75, 3.05) is 0 Å². The van der Waals surface area contributed by atoms with Crippen LogP contribution in [0.15, 0.2) is 36.4 Å². The number of para-hydroxylation sites is 1. The third kappa shape index (κ3) is 3.33. The second-order valence-electron chi connectivity index (χ2n) is 4.36. The molecule has 21 heavy (non-hydrogen) atoms. The van der Waals surface area contributed by atoms with Crippen molar-refractivity contribution in [3.05, 3.63) is 75.1 Å². The molecule has 0 N–H and O–H groups in total. The molecule has 2 aromatic carbocycles. The Labute approximate surface area is 123 Å². The van der Waals surface area contributed by atoms with Crippen LogP contribution in [-0.2, 0) is 6.42 Å². The van der Waals surface area contributed by atoms with E-state index in [2.05, 4.69) is 0 Å². The van der Waals surface area contributed by atoms with E-state index in [-0.39, 0.29) is 17.7 Å². The molecular weight excluding hydrogens is 307 g/mol. The number of nitrogens with zero attached hydrogens (tertiary/aromatic N) is 1. The monoisotopic (exact) mass is 315 g/mol. The van der Waals surface area contributed by atoms with Gasteiger partial charge in [-0.1, -0.05) is 18.2 Å². The summed E-state index contributed by atoms with van der Waals surface area (Å²) in [6.07, 6.45) is -0.0107. The average Bonchev–Trinajstić information content (AvgIpc) is 2.44. The molecule has 0 fully saturated rings. The zero-order chi connectivity index (χ0) is 15.6. The number of alkyl halides is 1. The van der Waals surface area contributed by atoms with E-state index in [0.29, 0.717) is 5.56 Å². The molecule has 0 saturated carbocycles. The molecule has 0 aliphatic rings. The van der Waals surface area contributed by atoms with Crippen LogP contribution in [0.25, 0.3) is 0 Å². The van der Waals surface area contributed by atoms with Gasteiger partial charge in [0.15, 0.2) is 17.5 Å². The van der Waals surface area contributed by atoms with Gasteiger partial charge in [-0.25, -0.2) is 13.2 Å². The Balaban J connectivity index is 2.30. The maximum Gasteiger partial charge on any atom is 0.272 e. The molecule has 0 bridgehead atoms. The van der Waals surface area contributed by atoms with Gasteiger partial charge in [0, 0.05) is 11.6 Å². The Kier molecular flexibility index (Phi) is 4.47. The summed E-state index contributed by atoms with van der Waals surface area (Å²) in [5.74, 6) is -4.27. The van der Waals surface area contributed by atoms with Gasteiger partial charge in [-0.3, -0.25) is 10.1 Å². The summed E-state index contributed by atoms with van der Waals surface area (Å²) in [7, 11) is 0. The molecule has 0 aromatic heterocycles. The second kappa shape index (κ2) is 6.13. The Hall–Kier alpha value is -2.08. The molecule has 0 spiro atoms. The number of hydrogen-bond donors (Lipinski definition) is 0. The largest absolute Gasteiger partial charge is 0.272 e. The number of benzene rings is 2. The second-order valence-corrected chi connectivity index (χ2v) is 4.88. The van der Waals surface area contributed by atoms with E-state index in [1.54, 1.807) is 6.07 Å². The van der Waals surface area contributed by atoms with Gasteiger partial charge in [0.25, 0.3) is 5.69 Å². The van der Waals surface area contributed by atoms with Crippen molar-refractivity contribution in [1.82, 2.24) is 0 Å². The first-order valence-corrected chi connectivity index (χ1v) is 6.34. The highest BCUT2D eigenvalue weighted by Crippen LogP contribution is 2.30. The van der Waals surface area contributed by atoms with E-state index in [4.69, 9.17) is 11.6 Å². The van der Waals surface area contributed by atoms with Gasteiger partial charge in [0.2, 0.25) is 0 Å². The topological polar surface area (TPSA) is 43.1 Å². The van der Waals surface area contributed by atoms with Crippen molar-refractivity contribution in [1.29, 1.82) is 0 Å². The number of hydrogen-bond acceptors (Lipinski definition) is 2. The Morgan fingerprint density at radius 3 is 2.29 bits per heavy atom. The van der Waals surface area contributed by atoms with E-state index in [0.717, 1.165) is 12.1 Å². The van der Waals surface area contributed by atoms with Crippen LogP contribution in [-0.4, -0.2) is 4.92 Å². The summed E-state index contributed by atoms with van der Waals surface area (Å²) in [4.78, 5) is 10.3. The van der Waals surface area contributed by atoms with Crippen molar-refractivity contribution in [3.8, 4) is 0 Å². The van der Waals surface area contributed by atoms with Gasteiger partial charge in [-0.15, -0.1) is 11.6 Å². The zero-order valence-electron chi connectivity index (χ0n) is 10.5. The molecule has 2 aromatic rings. The van der Waals surface area contributed by atoms with Gasteiger partial charge < -0.3 is 0 Å². The Bertz CT molecular complexity index is 671. The maximum absolute atomic E-state index is 13.2. The van der Waals surface area contributed by atoms with Gasteiger partial charge in [0.1, 0.15) is 0 Å². The van der Waals surface area contributed by atoms with Gasteiger partial charge in [-0.05, 0) is 24.1 Å². The van der Waals surface area contributed by atoms with Crippen LogP contribution in [0.3, 0.4) is 0 Å². The Morgan fingerprint density at radius 1 is 1.14 bits per heavy atom. The quantitative estimate of drug-likeness (QED) is 0.360. The van der Waals surface area contributed by atoms with Crippen LogP contribution in [0.5, 0.6) is 0 Å². The minimum absolute atomic E-state index is 0.0107. The molecule has 0 heterocycles. The molecule has 2 rings (SSSR count). The average molecular weight is 316 g/mol. The molecule has 1 atom stereocenters. The van der Waals surface area contributed by atoms with E-state index in [9.17, 15) is 23.3 Å². The summed E-state index contributed by atoms with van der Waals surface area (Å²) in [5, 5.41) is 9.96. The van der Waals surface area contributed by atoms with E-state index in [1.165, 1.54) is 18.2 Å². The molecule has 0 aliphatic heterocycles. The van der Waals surface area contributed by atoms with Crippen LogP contribution < -0.4 is 0 Å². The molecule has 0 aliphatic carbocycles. The van der Waals surface area contributed by atoms with Gasteiger partial charge >= 0.3 is 0 Å². The van der Waals surface area contributed by atoms with Crippen LogP contribution in [0.1, 0.15) is 16.5 Å². The van der Waals surface area contributed by atoms with Crippen molar-refractivity contribution in [3.63, 3.8) is 0 Å². The van der Waals surface area contributed by atoms with E-state index >= 15 is 0 Å². The molecule has 1 unspecified atom stereocenters. The Morgan fingerprint density at radius 2 is 1.71 bits per heavy atom. The van der Waals surface area contributed by atoms with Crippen molar-refractivity contribution in [2.45, 2.75) is 11.8 Å². The molecular formula is C14H9ClF3NO2. The smallest absolute Gasteiger partial charge is 0.258 e. The fourth-order valence-electron chi connectivity index (χ4n) is 1.93. The first-order chi connectivity index (χ1) is 9.90. The molecule has 3 nitrogen and oxygen atoms in total. The fraction of sp³-hybridized carbons (Fsp3) is 0.143. The van der Waals surface area contributed by atoms with Crippen LogP contribution in [0.4, 0.5) is 18.9 Å². The van der Waals surface area contributed by atoms with Crippen molar-refractivity contribution < 1.29 is 18.1 Å². The lowest BCUT2D eigenvalue weighted by molar-refractivity contribution is -0.385. The zero-order valence-corrected chi connectivity index (χ0v) is 11.3. The van der Waals surface area contributed by atoms with Crippen LogP contribution in [0.2, 0.25) is 0 Å². The molecule has 7 heteroatoms. The SMILES string of the molecule is O=[N+]([O-])c1ccccc1CC(Cl)c1cc(F)c(F)c(F)c1. The first-order valence-electron chi connectivity index (χ1n) is 5.91. The number of rotatable bonds is 4. The number of nitro benzene ring substituents is 1. The fourth-order valence-corrected chi connectivity index (χ4v) is 2.22.